The summed E-state index contributed by atoms with van der Waals surface area (Å²) in [6.07, 6.45) is 4.60. The molecule has 1 aliphatic heterocycles. The zero-order chi connectivity index (χ0) is 17.6. The Kier molecular flexibility index (Phi) is 5.42. The summed E-state index contributed by atoms with van der Waals surface area (Å²) in [4.78, 5) is 16.4. The van der Waals surface area contributed by atoms with Gasteiger partial charge in [-0.15, -0.1) is 0 Å². The van der Waals surface area contributed by atoms with Crippen molar-refractivity contribution in [3.63, 3.8) is 0 Å². The Balaban J connectivity index is 1.42. The number of amides is 2. The second kappa shape index (κ2) is 7.92. The maximum absolute atomic E-state index is 12.3. The normalized spacial score (nSPS) is 14.5. The molecule has 1 N–H and O–H groups in total. The lowest BCUT2D eigenvalue weighted by Gasteiger charge is -2.36. The van der Waals surface area contributed by atoms with Crippen LogP contribution in [0.2, 0.25) is 0 Å². The average molecular weight is 343 g/mol. The first-order chi connectivity index (χ1) is 12.2. The molecular formula is C18H25N5O2. The van der Waals surface area contributed by atoms with Gasteiger partial charge in [0, 0.05) is 51.7 Å². The largest absolute Gasteiger partial charge is 0.497 e. The van der Waals surface area contributed by atoms with Crippen LogP contribution in [0.1, 0.15) is 5.56 Å². The molecule has 0 bridgehead atoms. The summed E-state index contributed by atoms with van der Waals surface area (Å²) in [7, 11) is 3.56. The predicted molar refractivity (Wildman–Crippen MR) is 97.1 cm³/mol. The number of carbonyl (C=O) groups excluding carboxylic acids is 1. The number of ether oxygens (including phenoxy) is 1. The molecule has 2 amide bonds. The SMILES string of the molecule is COc1ccc(N2CCN(C(=O)NCCc3cnn(C)c3)CC2)cc1. The number of piperazine rings is 1. The standard InChI is InChI=1S/C18H25N5O2/c1-21-14-15(13-20-21)7-8-19-18(24)23-11-9-22(10-12-23)16-3-5-17(25-2)6-4-16/h3-6,13-14H,7-12H2,1-2H3,(H,19,24). The van der Waals surface area contributed by atoms with Gasteiger partial charge in [0.05, 0.1) is 13.3 Å². The summed E-state index contributed by atoms with van der Waals surface area (Å²) >= 11 is 0. The molecule has 0 spiro atoms. The number of urea groups is 1. The fourth-order valence-corrected chi connectivity index (χ4v) is 2.99. The zero-order valence-corrected chi connectivity index (χ0v) is 14.8. The molecule has 134 valence electrons. The van der Waals surface area contributed by atoms with Crippen molar-refractivity contribution in [3.8, 4) is 5.75 Å². The molecule has 2 heterocycles. The minimum Gasteiger partial charge on any atom is -0.497 e. The molecule has 0 radical (unpaired) electrons. The Labute approximate surface area is 148 Å². The van der Waals surface area contributed by atoms with Crippen LogP contribution in [0.3, 0.4) is 0 Å². The van der Waals surface area contributed by atoms with Crippen molar-refractivity contribution in [2.24, 2.45) is 7.05 Å². The van der Waals surface area contributed by atoms with Gasteiger partial charge in [-0.3, -0.25) is 4.68 Å². The summed E-state index contributed by atoms with van der Waals surface area (Å²) in [5.41, 5.74) is 2.30. The lowest BCUT2D eigenvalue weighted by molar-refractivity contribution is 0.194. The van der Waals surface area contributed by atoms with E-state index >= 15 is 0 Å². The van der Waals surface area contributed by atoms with Crippen LogP contribution in [-0.2, 0) is 13.5 Å². The molecule has 1 fully saturated rings. The second-order valence-corrected chi connectivity index (χ2v) is 6.18. The van der Waals surface area contributed by atoms with E-state index in [4.69, 9.17) is 4.74 Å². The van der Waals surface area contributed by atoms with Crippen molar-refractivity contribution in [1.29, 1.82) is 0 Å². The van der Waals surface area contributed by atoms with Gasteiger partial charge in [-0.1, -0.05) is 0 Å². The molecule has 0 saturated carbocycles. The van der Waals surface area contributed by atoms with E-state index in [9.17, 15) is 4.79 Å². The molecule has 1 saturated heterocycles. The quantitative estimate of drug-likeness (QED) is 0.894. The van der Waals surface area contributed by atoms with Gasteiger partial charge < -0.3 is 19.9 Å². The van der Waals surface area contributed by atoms with Crippen LogP contribution in [0.5, 0.6) is 5.75 Å². The summed E-state index contributed by atoms with van der Waals surface area (Å²) in [5.74, 6) is 0.857. The number of benzene rings is 1. The zero-order valence-electron chi connectivity index (χ0n) is 14.8. The molecule has 0 atom stereocenters. The van der Waals surface area contributed by atoms with E-state index in [-0.39, 0.29) is 6.03 Å². The molecule has 1 aromatic carbocycles. The Morgan fingerprint density at radius 1 is 1.20 bits per heavy atom. The maximum Gasteiger partial charge on any atom is 0.317 e. The van der Waals surface area contributed by atoms with E-state index < -0.39 is 0 Å². The molecule has 7 heteroatoms. The van der Waals surface area contributed by atoms with Crippen molar-refractivity contribution >= 4 is 11.7 Å². The molecule has 0 aliphatic carbocycles. The second-order valence-electron chi connectivity index (χ2n) is 6.18. The number of rotatable bonds is 5. The summed E-state index contributed by atoms with van der Waals surface area (Å²) in [6.45, 7) is 3.75. The van der Waals surface area contributed by atoms with E-state index in [1.165, 1.54) is 0 Å². The maximum atomic E-state index is 12.3. The van der Waals surface area contributed by atoms with E-state index in [1.54, 1.807) is 11.8 Å². The van der Waals surface area contributed by atoms with Crippen LogP contribution in [-0.4, -0.2) is 60.5 Å². The summed E-state index contributed by atoms with van der Waals surface area (Å²) < 4.78 is 6.96. The summed E-state index contributed by atoms with van der Waals surface area (Å²) in [5, 5.41) is 7.13. The van der Waals surface area contributed by atoms with Gasteiger partial charge in [-0.25, -0.2) is 4.79 Å². The molecule has 2 aromatic rings. The molecule has 0 unspecified atom stereocenters. The fourth-order valence-electron chi connectivity index (χ4n) is 2.99. The predicted octanol–water partition coefficient (Wildman–Crippen LogP) is 1.50. The molecular weight excluding hydrogens is 318 g/mol. The van der Waals surface area contributed by atoms with Crippen molar-refractivity contribution in [2.75, 3.05) is 44.7 Å². The number of hydrogen-bond acceptors (Lipinski definition) is 4. The number of nitrogens with one attached hydrogen (secondary N) is 1. The third kappa shape index (κ3) is 4.43. The number of anilines is 1. The van der Waals surface area contributed by atoms with E-state index in [1.807, 2.05) is 36.5 Å². The van der Waals surface area contributed by atoms with Gasteiger partial charge in [0.2, 0.25) is 0 Å². The topological polar surface area (TPSA) is 62.6 Å². The van der Waals surface area contributed by atoms with Gasteiger partial charge in [0.15, 0.2) is 0 Å². The van der Waals surface area contributed by atoms with Crippen molar-refractivity contribution in [3.05, 3.63) is 42.2 Å². The third-order valence-corrected chi connectivity index (χ3v) is 4.45. The first-order valence-corrected chi connectivity index (χ1v) is 8.55. The van der Waals surface area contributed by atoms with Crippen LogP contribution in [0.25, 0.3) is 0 Å². The van der Waals surface area contributed by atoms with E-state index in [2.05, 4.69) is 27.4 Å². The van der Waals surface area contributed by atoms with E-state index in [0.29, 0.717) is 6.54 Å². The Hall–Kier alpha value is -2.70. The third-order valence-electron chi connectivity index (χ3n) is 4.45. The van der Waals surface area contributed by atoms with Gasteiger partial charge >= 0.3 is 6.03 Å². The Morgan fingerprint density at radius 3 is 2.52 bits per heavy atom. The van der Waals surface area contributed by atoms with Gasteiger partial charge in [-0.2, -0.15) is 5.10 Å². The number of aryl methyl sites for hydroxylation is 1. The van der Waals surface area contributed by atoms with E-state index in [0.717, 1.165) is 49.6 Å². The highest BCUT2D eigenvalue weighted by Gasteiger charge is 2.21. The van der Waals surface area contributed by atoms with Crippen LogP contribution in [0.4, 0.5) is 10.5 Å². The van der Waals surface area contributed by atoms with Gasteiger partial charge in [0.25, 0.3) is 0 Å². The van der Waals surface area contributed by atoms with Crippen LogP contribution >= 0.6 is 0 Å². The monoisotopic (exact) mass is 343 g/mol. The number of aromatic nitrogens is 2. The molecule has 25 heavy (non-hydrogen) atoms. The van der Waals surface area contributed by atoms with Gasteiger partial charge in [0.1, 0.15) is 5.75 Å². The lowest BCUT2D eigenvalue weighted by Crippen LogP contribution is -2.52. The first kappa shape index (κ1) is 17.1. The van der Waals surface area contributed by atoms with Gasteiger partial charge in [-0.05, 0) is 36.2 Å². The Morgan fingerprint density at radius 2 is 1.92 bits per heavy atom. The number of methoxy groups -OCH3 is 1. The number of hydrogen-bond donors (Lipinski definition) is 1. The molecule has 1 aromatic heterocycles. The van der Waals surface area contributed by atoms with Crippen molar-refractivity contribution in [2.45, 2.75) is 6.42 Å². The lowest BCUT2D eigenvalue weighted by atomic mass is 10.2. The van der Waals surface area contributed by atoms with Crippen molar-refractivity contribution < 1.29 is 9.53 Å². The first-order valence-electron chi connectivity index (χ1n) is 8.55. The average Bonchev–Trinajstić information content (AvgIpc) is 3.07. The van der Waals surface area contributed by atoms with Crippen LogP contribution in [0.15, 0.2) is 36.7 Å². The highest BCUT2D eigenvalue weighted by molar-refractivity contribution is 5.74. The molecule has 7 nitrogen and oxygen atoms in total. The smallest absolute Gasteiger partial charge is 0.317 e. The number of nitrogens with zero attached hydrogens (tertiary/aromatic N) is 4. The van der Waals surface area contributed by atoms with Crippen molar-refractivity contribution in [1.82, 2.24) is 20.0 Å². The molecule has 1 aliphatic rings. The molecule has 3 rings (SSSR count). The summed E-state index contributed by atoms with van der Waals surface area (Å²) in [6, 6.07) is 8.06. The fraction of sp³-hybridized carbons (Fsp3) is 0.444. The minimum absolute atomic E-state index is 0.0123. The number of carbonyl (C=O) groups is 1. The highest BCUT2D eigenvalue weighted by atomic mass is 16.5. The minimum atomic E-state index is 0.0123. The highest BCUT2D eigenvalue weighted by Crippen LogP contribution is 2.20. The Bertz CT molecular complexity index is 690. The van der Waals surface area contributed by atoms with Crippen LogP contribution < -0.4 is 15.0 Å². The van der Waals surface area contributed by atoms with Crippen LogP contribution in [0, 0.1) is 0 Å².